The van der Waals surface area contributed by atoms with Crippen LogP contribution in [0.25, 0.3) is 0 Å². The molecule has 6 nitrogen and oxygen atoms in total. The van der Waals surface area contributed by atoms with Gasteiger partial charge in [-0.2, -0.15) is 0 Å². The molecule has 0 aromatic heterocycles. The van der Waals surface area contributed by atoms with E-state index in [0.29, 0.717) is 25.3 Å². The van der Waals surface area contributed by atoms with Gasteiger partial charge in [-0.1, -0.05) is 0 Å². The van der Waals surface area contributed by atoms with Gasteiger partial charge in [-0.05, 0) is 77.1 Å². The largest absolute Gasteiger partial charge is 0.497 e. The third kappa shape index (κ3) is 6.77. The van der Waals surface area contributed by atoms with Crippen molar-refractivity contribution >= 4 is 17.7 Å². The lowest BCUT2D eigenvalue weighted by atomic mass is 10.1. The van der Waals surface area contributed by atoms with Crippen molar-refractivity contribution in [2.45, 2.75) is 65.0 Å². The minimum absolute atomic E-state index is 0.0746. The van der Waals surface area contributed by atoms with Crippen LogP contribution in [-0.2, 0) is 9.53 Å². The fourth-order valence-corrected chi connectivity index (χ4v) is 3.00. The minimum Gasteiger partial charge on any atom is -0.497 e. The maximum Gasteiger partial charge on any atom is 0.407 e. The number of ether oxygens (including phenoxy) is 2. The van der Waals surface area contributed by atoms with E-state index in [4.69, 9.17) is 9.47 Å². The first kappa shape index (κ1) is 21.1. The third-order valence-corrected chi connectivity index (χ3v) is 4.57. The Kier molecular flexibility index (Phi) is 7.11. The maximum atomic E-state index is 12.9. The molecule has 0 spiro atoms. The molecule has 0 radical (unpaired) electrons. The molecule has 1 atom stereocenters. The number of rotatable bonds is 8. The Labute approximate surface area is 162 Å². The highest BCUT2D eigenvalue weighted by atomic mass is 16.6. The number of methoxy groups -OCH3 is 1. The van der Waals surface area contributed by atoms with Gasteiger partial charge in [0.05, 0.1) is 7.11 Å². The molecule has 1 aromatic carbocycles. The topological polar surface area (TPSA) is 67.9 Å². The number of nitrogens with one attached hydrogen (secondary N) is 1. The van der Waals surface area contributed by atoms with E-state index in [2.05, 4.69) is 12.2 Å². The van der Waals surface area contributed by atoms with Crippen molar-refractivity contribution in [3.8, 4) is 5.75 Å². The molecule has 1 aliphatic carbocycles. The van der Waals surface area contributed by atoms with Crippen molar-refractivity contribution in [3.05, 3.63) is 24.3 Å². The van der Waals surface area contributed by atoms with Gasteiger partial charge in [-0.25, -0.2) is 4.79 Å². The number of benzene rings is 1. The lowest BCUT2D eigenvalue weighted by molar-refractivity contribution is -0.119. The van der Waals surface area contributed by atoms with Crippen molar-refractivity contribution in [1.82, 2.24) is 5.32 Å². The standard InChI is InChI=1S/C21H32N2O4/c1-15(16-8-9-16)23(17-10-12-18(26-5)13-11-17)19(24)7-6-14-22-20(25)27-21(2,3)4/h10-13,15-16H,6-9,14H2,1-5H3,(H,22,25). The first-order valence-corrected chi connectivity index (χ1v) is 9.64. The molecule has 0 bridgehead atoms. The zero-order valence-corrected chi connectivity index (χ0v) is 17.1. The molecule has 6 heteroatoms. The number of hydrogen-bond donors (Lipinski definition) is 1. The zero-order chi connectivity index (χ0) is 20.0. The van der Waals surface area contributed by atoms with Crippen LogP contribution >= 0.6 is 0 Å². The van der Waals surface area contributed by atoms with E-state index in [9.17, 15) is 9.59 Å². The highest BCUT2D eigenvalue weighted by molar-refractivity contribution is 5.94. The predicted octanol–water partition coefficient (Wildman–Crippen LogP) is 4.13. The van der Waals surface area contributed by atoms with Gasteiger partial charge < -0.3 is 19.7 Å². The number of carbonyl (C=O) groups is 2. The molecule has 1 N–H and O–H groups in total. The van der Waals surface area contributed by atoms with Gasteiger partial charge in [0.2, 0.25) is 5.91 Å². The van der Waals surface area contributed by atoms with Crippen LogP contribution in [0, 0.1) is 5.92 Å². The number of anilines is 1. The van der Waals surface area contributed by atoms with Crippen molar-refractivity contribution < 1.29 is 19.1 Å². The Balaban J connectivity index is 1.91. The van der Waals surface area contributed by atoms with Crippen molar-refractivity contribution in [1.29, 1.82) is 0 Å². The summed E-state index contributed by atoms with van der Waals surface area (Å²) in [6.45, 7) is 7.99. The van der Waals surface area contributed by atoms with Crippen LogP contribution in [0.2, 0.25) is 0 Å². The predicted molar refractivity (Wildman–Crippen MR) is 106 cm³/mol. The summed E-state index contributed by atoms with van der Waals surface area (Å²) >= 11 is 0. The zero-order valence-electron chi connectivity index (χ0n) is 17.1. The Morgan fingerprint density at radius 3 is 2.37 bits per heavy atom. The SMILES string of the molecule is COc1ccc(N(C(=O)CCCNC(=O)OC(C)(C)C)C(C)C2CC2)cc1. The molecule has 0 heterocycles. The van der Waals surface area contributed by atoms with Crippen LogP contribution in [0.4, 0.5) is 10.5 Å². The summed E-state index contributed by atoms with van der Waals surface area (Å²) in [6, 6.07) is 7.77. The summed E-state index contributed by atoms with van der Waals surface area (Å²) in [4.78, 5) is 26.5. The molecule has 1 fully saturated rings. The monoisotopic (exact) mass is 376 g/mol. The first-order chi connectivity index (χ1) is 12.7. The molecular formula is C21H32N2O4. The quantitative estimate of drug-likeness (QED) is 0.693. The maximum absolute atomic E-state index is 12.9. The molecule has 2 rings (SSSR count). The Morgan fingerprint density at radius 2 is 1.85 bits per heavy atom. The van der Waals surface area contributed by atoms with Gasteiger partial charge >= 0.3 is 6.09 Å². The molecule has 1 saturated carbocycles. The lowest BCUT2D eigenvalue weighted by Crippen LogP contribution is -2.40. The number of nitrogens with zero attached hydrogens (tertiary/aromatic N) is 1. The Morgan fingerprint density at radius 1 is 1.22 bits per heavy atom. The van der Waals surface area contributed by atoms with Crippen molar-refractivity contribution in [2.24, 2.45) is 5.92 Å². The van der Waals surface area contributed by atoms with Gasteiger partial charge in [-0.3, -0.25) is 4.79 Å². The molecule has 1 aromatic rings. The molecule has 2 amide bonds. The average molecular weight is 376 g/mol. The fraction of sp³-hybridized carbons (Fsp3) is 0.619. The summed E-state index contributed by atoms with van der Waals surface area (Å²) < 4.78 is 10.4. The van der Waals surface area contributed by atoms with E-state index in [0.717, 1.165) is 11.4 Å². The van der Waals surface area contributed by atoms with Gasteiger partial charge in [0.15, 0.2) is 0 Å². The summed E-state index contributed by atoms with van der Waals surface area (Å²) in [6.07, 6.45) is 2.83. The van der Waals surface area contributed by atoms with E-state index in [-0.39, 0.29) is 11.9 Å². The summed E-state index contributed by atoms with van der Waals surface area (Å²) in [5.74, 6) is 1.41. The molecule has 0 aliphatic heterocycles. The second kappa shape index (κ2) is 9.11. The fourth-order valence-electron chi connectivity index (χ4n) is 3.00. The molecule has 1 unspecified atom stereocenters. The van der Waals surface area contributed by atoms with Crippen LogP contribution in [0.1, 0.15) is 53.4 Å². The highest BCUT2D eigenvalue weighted by Crippen LogP contribution is 2.37. The van der Waals surface area contributed by atoms with E-state index in [1.54, 1.807) is 7.11 Å². The van der Waals surface area contributed by atoms with Gasteiger partial charge in [0.1, 0.15) is 11.4 Å². The van der Waals surface area contributed by atoms with E-state index >= 15 is 0 Å². The molecule has 1 aliphatic rings. The number of amides is 2. The third-order valence-electron chi connectivity index (χ3n) is 4.57. The second-order valence-electron chi connectivity index (χ2n) is 8.07. The number of alkyl carbamates (subject to hydrolysis) is 1. The normalized spacial score (nSPS) is 15.0. The first-order valence-electron chi connectivity index (χ1n) is 9.64. The van der Waals surface area contributed by atoms with Crippen LogP contribution < -0.4 is 15.0 Å². The highest BCUT2D eigenvalue weighted by Gasteiger charge is 2.34. The molecule has 0 saturated heterocycles. The molecule has 27 heavy (non-hydrogen) atoms. The molecular weight excluding hydrogens is 344 g/mol. The van der Waals surface area contributed by atoms with Crippen LogP contribution in [0.5, 0.6) is 5.75 Å². The Bertz CT molecular complexity index is 633. The summed E-state index contributed by atoms with van der Waals surface area (Å²) in [5.41, 5.74) is 0.366. The van der Waals surface area contributed by atoms with Gasteiger partial charge in [-0.15, -0.1) is 0 Å². The summed E-state index contributed by atoms with van der Waals surface area (Å²) in [7, 11) is 1.63. The van der Waals surface area contributed by atoms with Gasteiger partial charge in [0.25, 0.3) is 0 Å². The molecule has 150 valence electrons. The van der Waals surface area contributed by atoms with E-state index in [1.165, 1.54) is 12.8 Å². The van der Waals surface area contributed by atoms with E-state index < -0.39 is 11.7 Å². The summed E-state index contributed by atoms with van der Waals surface area (Å²) in [5, 5.41) is 2.70. The van der Waals surface area contributed by atoms with Crippen molar-refractivity contribution in [3.63, 3.8) is 0 Å². The van der Waals surface area contributed by atoms with E-state index in [1.807, 2.05) is 49.9 Å². The lowest BCUT2D eigenvalue weighted by Gasteiger charge is -2.30. The van der Waals surface area contributed by atoms with Crippen LogP contribution in [-0.4, -0.2) is 37.3 Å². The number of hydrogen-bond acceptors (Lipinski definition) is 4. The second-order valence-corrected chi connectivity index (χ2v) is 8.07. The Hall–Kier alpha value is -2.24. The van der Waals surface area contributed by atoms with Crippen molar-refractivity contribution in [2.75, 3.05) is 18.6 Å². The minimum atomic E-state index is -0.523. The van der Waals surface area contributed by atoms with Gasteiger partial charge in [0, 0.05) is 24.7 Å². The average Bonchev–Trinajstić information content (AvgIpc) is 3.43. The number of carbonyl (C=O) groups excluding carboxylic acids is 2. The van der Waals surface area contributed by atoms with Crippen LogP contribution in [0.3, 0.4) is 0 Å². The van der Waals surface area contributed by atoms with Crippen LogP contribution in [0.15, 0.2) is 24.3 Å². The smallest absolute Gasteiger partial charge is 0.407 e.